The lowest BCUT2D eigenvalue weighted by molar-refractivity contribution is -0.123. The number of carbonyl (C=O) groups is 5. The molecular formula is C32H30N4O5. The Balaban J connectivity index is 1.31. The van der Waals surface area contributed by atoms with Crippen LogP contribution in [0.2, 0.25) is 0 Å². The number of benzene rings is 3. The summed E-state index contributed by atoms with van der Waals surface area (Å²) in [6.07, 6.45) is 2.47. The fourth-order valence-corrected chi connectivity index (χ4v) is 6.13. The van der Waals surface area contributed by atoms with Crippen LogP contribution in [0.5, 0.6) is 0 Å². The third-order valence-corrected chi connectivity index (χ3v) is 8.17. The second-order valence-corrected chi connectivity index (χ2v) is 10.6. The van der Waals surface area contributed by atoms with Gasteiger partial charge >= 0.3 is 0 Å². The van der Waals surface area contributed by atoms with E-state index in [0.717, 1.165) is 16.9 Å². The number of nitrogens with zero attached hydrogens (tertiary/aromatic N) is 3. The number of hydrogen-bond acceptors (Lipinski definition) is 5. The van der Waals surface area contributed by atoms with Gasteiger partial charge in [0.15, 0.2) is 0 Å². The van der Waals surface area contributed by atoms with Crippen molar-refractivity contribution in [1.82, 2.24) is 4.90 Å². The van der Waals surface area contributed by atoms with E-state index in [2.05, 4.69) is 5.32 Å². The first-order valence-corrected chi connectivity index (χ1v) is 13.9. The molecule has 0 saturated heterocycles. The van der Waals surface area contributed by atoms with Crippen LogP contribution in [0.15, 0.2) is 72.8 Å². The van der Waals surface area contributed by atoms with Crippen LogP contribution in [-0.2, 0) is 20.9 Å². The van der Waals surface area contributed by atoms with Crippen LogP contribution in [0.4, 0.5) is 17.1 Å². The summed E-state index contributed by atoms with van der Waals surface area (Å²) in [5, 5.41) is 2.83. The van der Waals surface area contributed by atoms with Crippen molar-refractivity contribution >= 4 is 46.6 Å². The second kappa shape index (κ2) is 10.6. The fraction of sp³-hybridized carbons (Fsp3) is 0.281. The Labute approximate surface area is 237 Å². The van der Waals surface area contributed by atoms with Gasteiger partial charge in [-0.3, -0.25) is 28.9 Å². The number of fused-ring (bicyclic) bond motifs is 3. The Morgan fingerprint density at radius 1 is 0.805 bits per heavy atom. The molecule has 9 heteroatoms. The lowest BCUT2D eigenvalue weighted by Gasteiger charge is -2.31. The van der Waals surface area contributed by atoms with Gasteiger partial charge in [0.2, 0.25) is 17.7 Å². The van der Waals surface area contributed by atoms with Crippen molar-refractivity contribution in [3.63, 3.8) is 0 Å². The summed E-state index contributed by atoms with van der Waals surface area (Å²) >= 11 is 0. The summed E-state index contributed by atoms with van der Waals surface area (Å²) in [4.78, 5) is 70.2. The molecule has 3 aliphatic rings. The zero-order chi connectivity index (χ0) is 28.7. The van der Waals surface area contributed by atoms with Gasteiger partial charge in [0, 0.05) is 18.2 Å². The Bertz CT molecular complexity index is 1530. The van der Waals surface area contributed by atoms with E-state index < -0.39 is 30.2 Å². The first-order valence-electron chi connectivity index (χ1n) is 13.9. The molecule has 41 heavy (non-hydrogen) atoms. The maximum absolute atomic E-state index is 14.0. The molecule has 3 aromatic carbocycles. The van der Waals surface area contributed by atoms with Gasteiger partial charge < -0.3 is 15.1 Å². The lowest BCUT2D eigenvalue weighted by Crippen LogP contribution is -2.49. The molecular weight excluding hydrogens is 520 g/mol. The first kappa shape index (κ1) is 26.4. The van der Waals surface area contributed by atoms with E-state index in [1.54, 1.807) is 41.0 Å². The maximum Gasteiger partial charge on any atom is 0.262 e. The van der Waals surface area contributed by atoms with Crippen LogP contribution < -0.4 is 15.1 Å². The normalized spacial score (nSPS) is 19.5. The molecule has 2 atom stereocenters. The van der Waals surface area contributed by atoms with Gasteiger partial charge in [-0.1, -0.05) is 49.7 Å². The Hall–Kier alpha value is -4.79. The Morgan fingerprint density at radius 3 is 2.10 bits per heavy atom. The summed E-state index contributed by atoms with van der Waals surface area (Å²) in [6.45, 7) is 1.68. The maximum atomic E-state index is 14.0. The van der Waals surface area contributed by atoms with E-state index in [0.29, 0.717) is 54.0 Å². The minimum atomic E-state index is -0.485. The molecule has 2 aliphatic heterocycles. The molecule has 9 nitrogen and oxygen atoms in total. The van der Waals surface area contributed by atoms with Gasteiger partial charge in [-0.25, -0.2) is 0 Å². The molecule has 1 aliphatic carbocycles. The molecule has 2 heterocycles. The zero-order valence-electron chi connectivity index (χ0n) is 22.7. The summed E-state index contributed by atoms with van der Waals surface area (Å²) in [5.41, 5.74) is 3.34. The summed E-state index contributed by atoms with van der Waals surface area (Å²) in [7, 11) is 0. The predicted octanol–water partition coefficient (Wildman–Crippen LogP) is 4.38. The van der Waals surface area contributed by atoms with Gasteiger partial charge in [0.05, 0.1) is 35.0 Å². The average Bonchev–Trinajstić information content (AvgIpc) is 3.54. The highest BCUT2D eigenvalue weighted by molar-refractivity contribution is 6.23. The molecule has 6 rings (SSSR count). The summed E-state index contributed by atoms with van der Waals surface area (Å²) in [6, 6.07) is 20.9. The fourth-order valence-electron chi connectivity index (χ4n) is 6.13. The van der Waals surface area contributed by atoms with Crippen molar-refractivity contribution in [2.75, 3.05) is 21.7 Å². The van der Waals surface area contributed by atoms with Crippen LogP contribution >= 0.6 is 0 Å². The molecule has 5 amide bonds. The highest BCUT2D eigenvalue weighted by atomic mass is 16.2. The highest BCUT2D eigenvalue weighted by Crippen LogP contribution is 2.43. The van der Waals surface area contributed by atoms with Gasteiger partial charge in [-0.2, -0.15) is 0 Å². The van der Waals surface area contributed by atoms with Crippen LogP contribution in [0.3, 0.4) is 0 Å². The van der Waals surface area contributed by atoms with Gasteiger partial charge in [0.25, 0.3) is 11.8 Å². The van der Waals surface area contributed by atoms with Crippen LogP contribution in [-0.4, -0.2) is 47.0 Å². The number of anilines is 3. The van der Waals surface area contributed by atoms with Crippen molar-refractivity contribution in [3.05, 3.63) is 89.5 Å². The van der Waals surface area contributed by atoms with Crippen LogP contribution in [0.25, 0.3) is 0 Å². The molecule has 0 bridgehead atoms. The summed E-state index contributed by atoms with van der Waals surface area (Å²) < 4.78 is 0. The number of amides is 5. The van der Waals surface area contributed by atoms with Gasteiger partial charge in [0.1, 0.15) is 6.54 Å². The molecule has 1 fully saturated rings. The minimum absolute atomic E-state index is 0.0562. The number of rotatable bonds is 6. The molecule has 0 aromatic heterocycles. The minimum Gasteiger partial charge on any atom is -0.326 e. The molecule has 0 radical (unpaired) electrons. The molecule has 1 saturated carbocycles. The number of imide groups is 1. The van der Waals surface area contributed by atoms with Crippen molar-refractivity contribution in [2.45, 2.75) is 45.2 Å². The highest BCUT2D eigenvalue weighted by Gasteiger charge is 2.46. The van der Waals surface area contributed by atoms with Crippen LogP contribution in [0.1, 0.15) is 58.9 Å². The van der Waals surface area contributed by atoms with E-state index in [-0.39, 0.29) is 17.9 Å². The Morgan fingerprint density at radius 2 is 1.44 bits per heavy atom. The predicted molar refractivity (Wildman–Crippen MR) is 153 cm³/mol. The van der Waals surface area contributed by atoms with Crippen molar-refractivity contribution in [1.29, 1.82) is 0 Å². The SMILES string of the molecule is CCC(=O)Nc1ccc(CN2C(=O)[C@H]3CCC[C@H]3N(C(=O)CN3C(=O)c4ccccc4C3=O)c3ccccc32)cc1. The molecule has 0 unspecified atom stereocenters. The topological polar surface area (TPSA) is 107 Å². The summed E-state index contributed by atoms with van der Waals surface area (Å²) in [5.74, 6) is -1.90. The van der Waals surface area contributed by atoms with Gasteiger partial charge in [-0.05, 0) is 54.8 Å². The van der Waals surface area contributed by atoms with E-state index in [9.17, 15) is 24.0 Å². The third kappa shape index (κ3) is 4.67. The third-order valence-electron chi connectivity index (χ3n) is 8.17. The van der Waals surface area contributed by atoms with Crippen molar-refractivity contribution < 1.29 is 24.0 Å². The van der Waals surface area contributed by atoms with Crippen LogP contribution in [0, 0.1) is 5.92 Å². The number of para-hydroxylation sites is 2. The quantitative estimate of drug-likeness (QED) is 0.459. The average molecular weight is 551 g/mol. The molecule has 0 spiro atoms. The first-order chi connectivity index (χ1) is 19.9. The monoisotopic (exact) mass is 550 g/mol. The van der Waals surface area contributed by atoms with E-state index >= 15 is 0 Å². The van der Waals surface area contributed by atoms with Crippen molar-refractivity contribution in [3.8, 4) is 0 Å². The van der Waals surface area contributed by atoms with Gasteiger partial charge in [-0.15, -0.1) is 0 Å². The second-order valence-electron chi connectivity index (χ2n) is 10.6. The largest absolute Gasteiger partial charge is 0.326 e. The van der Waals surface area contributed by atoms with Crippen molar-refractivity contribution in [2.24, 2.45) is 5.92 Å². The number of hydrogen-bond donors (Lipinski definition) is 1. The smallest absolute Gasteiger partial charge is 0.262 e. The zero-order valence-corrected chi connectivity index (χ0v) is 22.7. The van der Waals surface area contributed by atoms with E-state index in [1.807, 2.05) is 48.5 Å². The number of nitrogens with one attached hydrogen (secondary N) is 1. The molecule has 3 aromatic rings. The van der Waals surface area contributed by atoms with E-state index in [4.69, 9.17) is 0 Å². The Kier molecular flexibility index (Phi) is 6.86. The molecule has 208 valence electrons. The standard InChI is InChI=1S/C32H30N4O5/c1-2-28(37)33-21-16-14-20(15-17-21)18-34-26-11-5-6-12-27(26)36(25-13-7-10-24(25)32(34)41)29(38)19-35-30(39)22-8-3-4-9-23(22)31(35)40/h3-6,8-9,11-12,14-17,24-25H,2,7,10,13,18-19H2,1H3,(H,33,37)/t24-,25+/m0/s1. The molecule has 1 N–H and O–H groups in total. The number of carbonyl (C=O) groups excluding carboxylic acids is 5. The van der Waals surface area contributed by atoms with E-state index in [1.165, 1.54) is 0 Å². The lowest BCUT2D eigenvalue weighted by atomic mass is 10.0.